The van der Waals surface area contributed by atoms with Crippen molar-refractivity contribution in [1.29, 1.82) is 0 Å². The molecule has 1 rings (SSSR count). The van der Waals surface area contributed by atoms with E-state index in [1.165, 1.54) is 4.90 Å². The van der Waals surface area contributed by atoms with Crippen LogP contribution in [0.4, 0.5) is 4.79 Å². The Morgan fingerprint density at radius 2 is 2.15 bits per heavy atom. The number of hydrogen-bond donors (Lipinski definition) is 1. The van der Waals surface area contributed by atoms with Gasteiger partial charge in [-0.2, -0.15) is 0 Å². The molecule has 1 unspecified atom stereocenters. The summed E-state index contributed by atoms with van der Waals surface area (Å²) in [5, 5.41) is 2.21. The van der Waals surface area contributed by atoms with Crippen LogP contribution in [0, 0.1) is 0 Å². The fourth-order valence-corrected chi connectivity index (χ4v) is 1.27. The largest absolute Gasteiger partial charge is 0.350 e. The number of urea groups is 1. The number of rotatable bonds is 4. The Morgan fingerprint density at radius 1 is 1.46 bits per heavy atom. The first-order valence-electron chi connectivity index (χ1n) is 4.43. The molecule has 1 saturated heterocycles. The Balaban J connectivity index is 2.65. The van der Waals surface area contributed by atoms with Crippen molar-refractivity contribution < 1.29 is 14.3 Å². The van der Waals surface area contributed by atoms with E-state index in [-0.39, 0.29) is 11.9 Å². The quantitative estimate of drug-likeness (QED) is 0.643. The molecule has 1 atom stereocenters. The Hall–Kier alpha value is -1.10. The minimum Gasteiger partial charge on any atom is -0.350 e. The predicted molar refractivity (Wildman–Crippen MR) is 45.9 cm³/mol. The standard InChI is InChI=1S/C8H14N2O3/c1-3-5-10-7(13-4-2)6(11)9-8(10)12/h7H,3-5H2,1-2H3,(H,9,11,12). The van der Waals surface area contributed by atoms with Crippen molar-refractivity contribution in [2.75, 3.05) is 13.2 Å². The van der Waals surface area contributed by atoms with Gasteiger partial charge in [-0.3, -0.25) is 15.0 Å². The molecule has 0 aromatic carbocycles. The molecule has 1 aliphatic rings. The summed E-state index contributed by atoms with van der Waals surface area (Å²) in [5.41, 5.74) is 0. The van der Waals surface area contributed by atoms with Crippen LogP contribution in [-0.2, 0) is 9.53 Å². The monoisotopic (exact) mass is 186 g/mol. The topological polar surface area (TPSA) is 58.6 Å². The summed E-state index contributed by atoms with van der Waals surface area (Å²) in [6.07, 6.45) is 0.0852. The van der Waals surface area contributed by atoms with E-state index in [1.807, 2.05) is 6.92 Å². The summed E-state index contributed by atoms with van der Waals surface area (Å²) >= 11 is 0. The Bertz CT molecular complexity index is 195. The van der Waals surface area contributed by atoms with Crippen LogP contribution < -0.4 is 5.32 Å². The number of nitrogens with zero attached hydrogens (tertiary/aromatic N) is 1. The van der Waals surface area contributed by atoms with Crippen LogP contribution in [0.3, 0.4) is 0 Å². The zero-order valence-corrected chi connectivity index (χ0v) is 7.87. The van der Waals surface area contributed by atoms with E-state index in [4.69, 9.17) is 4.74 Å². The van der Waals surface area contributed by atoms with Crippen molar-refractivity contribution in [1.82, 2.24) is 10.2 Å². The summed E-state index contributed by atoms with van der Waals surface area (Å²) in [4.78, 5) is 23.7. The van der Waals surface area contributed by atoms with Crippen LogP contribution in [0.1, 0.15) is 20.3 Å². The lowest BCUT2D eigenvalue weighted by Gasteiger charge is -2.20. The zero-order valence-electron chi connectivity index (χ0n) is 7.87. The smallest absolute Gasteiger partial charge is 0.326 e. The fraction of sp³-hybridized carbons (Fsp3) is 0.750. The van der Waals surface area contributed by atoms with Crippen molar-refractivity contribution in [3.63, 3.8) is 0 Å². The number of carbonyl (C=O) groups excluding carboxylic acids is 2. The molecule has 5 nitrogen and oxygen atoms in total. The summed E-state index contributed by atoms with van der Waals surface area (Å²) in [6, 6.07) is -0.356. The number of imide groups is 1. The van der Waals surface area contributed by atoms with E-state index in [2.05, 4.69) is 5.32 Å². The number of hydrogen-bond acceptors (Lipinski definition) is 3. The molecule has 1 N–H and O–H groups in total. The van der Waals surface area contributed by atoms with Crippen molar-refractivity contribution in [2.24, 2.45) is 0 Å². The average molecular weight is 186 g/mol. The number of ether oxygens (including phenoxy) is 1. The molecule has 5 heteroatoms. The van der Waals surface area contributed by atoms with Gasteiger partial charge < -0.3 is 4.74 Å². The van der Waals surface area contributed by atoms with Crippen LogP contribution in [-0.4, -0.2) is 36.2 Å². The van der Waals surface area contributed by atoms with E-state index in [0.717, 1.165) is 6.42 Å². The van der Waals surface area contributed by atoms with E-state index in [1.54, 1.807) is 6.92 Å². The van der Waals surface area contributed by atoms with Gasteiger partial charge in [0.25, 0.3) is 5.91 Å². The third kappa shape index (κ3) is 1.98. The molecule has 0 radical (unpaired) electrons. The average Bonchev–Trinajstić information content (AvgIpc) is 2.33. The molecule has 3 amide bonds. The van der Waals surface area contributed by atoms with Crippen molar-refractivity contribution >= 4 is 11.9 Å². The number of carbonyl (C=O) groups is 2. The normalized spacial score (nSPS) is 22.3. The van der Waals surface area contributed by atoms with Crippen molar-refractivity contribution in [3.05, 3.63) is 0 Å². The third-order valence-corrected chi connectivity index (χ3v) is 1.79. The molecule has 0 aromatic rings. The SMILES string of the molecule is CCCN1C(=O)NC(=O)C1OCC. The maximum Gasteiger partial charge on any atom is 0.326 e. The molecule has 0 aromatic heterocycles. The third-order valence-electron chi connectivity index (χ3n) is 1.79. The Morgan fingerprint density at radius 3 is 2.69 bits per heavy atom. The van der Waals surface area contributed by atoms with Gasteiger partial charge in [-0.15, -0.1) is 0 Å². The predicted octanol–water partition coefficient (Wildman–Crippen LogP) is 0.311. The highest BCUT2D eigenvalue weighted by molar-refractivity contribution is 6.03. The molecule has 1 heterocycles. The molecule has 13 heavy (non-hydrogen) atoms. The minimum absolute atomic E-state index is 0.356. The molecule has 1 aliphatic heterocycles. The molecule has 74 valence electrons. The maximum atomic E-state index is 11.2. The van der Waals surface area contributed by atoms with Gasteiger partial charge in [0.05, 0.1) is 0 Å². The maximum absolute atomic E-state index is 11.2. The van der Waals surface area contributed by atoms with Crippen LogP contribution in [0.5, 0.6) is 0 Å². The van der Waals surface area contributed by atoms with Gasteiger partial charge in [-0.1, -0.05) is 6.92 Å². The first-order chi connectivity index (χ1) is 6.20. The van der Waals surface area contributed by atoms with Crippen LogP contribution in [0.25, 0.3) is 0 Å². The van der Waals surface area contributed by atoms with Gasteiger partial charge >= 0.3 is 6.03 Å². The van der Waals surface area contributed by atoms with Gasteiger partial charge in [-0.25, -0.2) is 4.79 Å². The Kier molecular flexibility index (Phi) is 3.25. The van der Waals surface area contributed by atoms with Gasteiger partial charge in [0.15, 0.2) is 0 Å². The van der Waals surface area contributed by atoms with Crippen LogP contribution in [0.15, 0.2) is 0 Å². The van der Waals surface area contributed by atoms with Crippen LogP contribution in [0.2, 0.25) is 0 Å². The molecular formula is C8H14N2O3. The van der Waals surface area contributed by atoms with Crippen LogP contribution >= 0.6 is 0 Å². The molecule has 0 saturated carbocycles. The van der Waals surface area contributed by atoms with Gasteiger partial charge in [0.1, 0.15) is 0 Å². The highest BCUT2D eigenvalue weighted by Gasteiger charge is 2.38. The molecule has 1 fully saturated rings. The molecule has 0 aliphatic carbocycles. The van der Waals surface area contributed by atoms with Gasteiger partial charge in [-0.05, 0) is 13.3 Å². The highest BCUT2D eigenvalue weighted by atomic mass is 16.5. The number of amides is 3. The second-order valence-electron chi connectivity index (χ2n) is 2.80. The second kappa shape index (κ2) is 4.23. The first-order valence-corrected chi connectivity index (χ1v) is 4.43. The van der Waals surface area contributed by atoms with Gasteiger partial charge in [0.2, 0.25) is 6.23 Å². The lowest BCUT2D eigenvalue weighted by Crippen LogP contribution is -2.37. The summed E-state index contributed by atoms with van der Waals surface area (Å²) in [6.45, 7) is 4.70. The second-order valence-corrected chi connectivity index (χ2v) is 2.80. The van der Waals surface area contributed by atoms with Gasteiger partial charge in [0, 0.05) is 13.2 Å². The fourth-order valence-electron chi connectivity index (χ4n) is 1.27. The summed E-state index contributed by atoms with van der Waals surface area (Å²) < 4.78 is 5.14. The molecule has 0 bridgehead atoms. The minimum atomic E-state index is -0.725. The lowest BCUT2D eigenvalue weighted by atomic mass is 10.4. The van der Waals surface area contributed by atoms with E-state index in [9.17, 15) is 9.59 Å². The van der Waals surface area contributed by atoms with E-state index in [0.29, 0.717) is 13.2 Å². The Labute approximate surface area is 77.0 Å². The zero-order chi connectivity index (χ0) is 9.84. The van der Waals surface area contributed by atoms with Crippen molar-refractivity contribution in [3.8, 4) is 0 Å². The molecular weight excluding hydrogens is 172 g/mol. The lowest BCUT2D eigenvalue weighted by molar-refractivity contribution is -0.135. The first kappa shape index (κ1) is 9.98. The van der Waals surface area contributed by atoms with E-state index < -0.39 is 6.23 Å². The highest BCUT2D eigenvalue weighted by Crippen LogP contribution is 2.10. The molecule has 0 spiro atoms. The van der Waals surface area contributed by atoms with Crippen molar-refractivity contribution in [2.45, 2.75) is 26.5 Å². The van der Waals surface area contributed by atoms with E-state index >= 15 is 0 Å². The number of nitrogens with one attached hydrogen (secondary N) is 1. The summed E-state index contributed by atoms with van der Waals surface area (Å²) in [7, 11) is 0. The summed E-state index contributed by atoms with van der Waals surface area (Å²) in [5.74, 6) is -0.361.